The summed E-state index contributed by atoms with van der Waals surface area (Å²) >= 11 is 0. The lowest BCUT2D eigenvalue weighted by Crippen LogP contribution is -2.05. The van der Waals surface area contributed by atoms with Crippen LogP contribution in [0.1, 0.15) is 17.5 Å². The van der Waals surface area contributed by atoms with Gasteiger partial charge < -0.3 is 10.1 Å². The standard InChI is InChI=1S/C13H14N2O/c1-15-8-4-3-5-11-6-7-12(10-14)13(9-11)16-2/h6-7,9,15H,4,8H2,1-2H3. The molecular weight excluding hydrogens is 200 g/mol. The number of rotatable bonds is 3. The lowest BCUT2D eigenvalue weighted by atomic mass is 10.1. The number of ether oxygens (including phenoxy) is 1. The fourth-order valence-corrected chi connectivity index (χ4v) is 1.21. The maximum atomic E-state index is 8.81. The van der Waals surface area contributed by atoms with Crippen LogP contribution in [-0.2, 0) is 0 Å². The van der Waals surface area contributed by atoms with E-state index in [9.17, 15) is 0 Å². The molecule has 0 amide bonds. The van der Waals surface area contributed by atoms with Gasteiger partial charge in [-0.15, -0.1) is 0 Å². The molecule has 0 aliphatic carbocycles. The third kappa shape index (κ3) is 3.31. The summed E-state index contributed by atoms with van der Waals surface area (Å²) in [6, 6.07) is 7.40. The number of nitrogens with zero attached hydrogens (tertiary/aromatic N) is 1. The summed E-state index contributed by atoms with van der Waals surface area (Å²) in [4.78, 5) is 0. The number of nitrogens with one attached hydrogen (secondary N) is 1. The second-order valence-electron chi connectivity index (χ2n) is 3.18. The van der Waals surface area contributed by atoms with Crippen molar-refractivity contribution in [1.29, 1.82) is 5.26 Å². The summed E-state index contributed by atoms with van der Waals surface area (Å²) in [5, 5.41) is 11.8. The molecule has 0 aromatic heterocycles. The number of hydrogen-bond acceptors (Lipinski definition) is 3. The van der Waals surface area contributed by atoms with Crippen LogP contribution in [0.15, 0.2) is 18.2 Å². The highest BCUT2D eigenvalue weighted by Crippen LogP contribution is 2.18. The van der Waals surface area contributed by atoms with Gasteiger partial charge in [0.15, 0.2) is 0 Å². The summed E-state index contributed by atoms with van der Waals surface area (Å²) in [5.41, 5.74) is 1.40. The largest absolute Gasteiger partial charge is 0.495 e. The summed E-state index contributed by atoms with van der Waals surface area (Å²) in [5.74, 6) is 6.64. The molecule has 0 aliphatic heterocycles. The van der Waals surface area contributed by atoms with Gasteiger partial charge in [-0.3, -0.25) is 0 Å². The van der Waals surface area contributed by atoms with Crippen molar-refractivity contribution in [3.8, 4) is 23.7 Å². The number of hydrogen-bond donors (Lipinski definition) is 1. The normalized spacial score (nSPS) is 8.81. The molecule has 0 atom stereocenters. The second-order valence-corrected chi connectivity index (χ2v) is 3.18. The van der Waals surface area contributed by atoms with Gasteiger partial charge in [-0.1, -0.05) is 11.8 Å². The van der Waals surface area contributed by atoms with Crippen LogP contribution in [-0.4, -0.2) is 20.7 Å². The zero-order valence-corrected chi connectivity index (χ0v) is 9.50. The van der Waals surface area contributed by atoms with E-state index in [2.05, 4.69) is 23.2 Å². The van der Waals surface area contributed by atoms with Gasteiger partial charge in [0.1, 0.15) is 11.8 Å². The quantitative estimate of drug-likeness (QED) is 0.613. The lowest BCUT2D eigenvalue weighted by Gasteiger charge is -2.01. The Labute approximate surface area is 96.0 Å². The highest BCUT2D eigenvalue weighted by molar-refractivity contribution is 5.49. The Balaban J connectivity index is 2.82. The predicted octanol–water partition coefficient (Wildman–Crippen LogP) is 1.53. The van der Waals surface area contributed by atoms with E-state index < -0.39 is 0 Å². The molecule has 1 aromatic carbocycles. The first-order valence-electron chi connectivity index (χ1n) is 5.03. The van der Waals surface area contributed by atoms with Gasteiger partial charge in [0, 0.05) is 18.5 Å². The Morgan fingerprint density at radius 3 is 2.88 bits per heavy atom. The average Bonchev–Trinajstić information content (AvgIpc) is 2.34. The first-order valence-corrected chi connectivity index (χ1v) is 5.03. The molecule has 3 heteroatoms. The molecule has 1 rings (SSSR count). The molecular formula is C13H14N2O. The van der Waals surface area contributed by atoms with Crippen molar-refractivity contribution in [1.82, 2.24) is 5.32 Å². The Bertz CT molecular complexity index is 449. The van der Waals surface area contributed by atoms with E-state index in [4.69, 9.17) is 10.00 Å². The van der Waals surface area contributed by atoms with Crippen LogP contribution < -0.4 is 10.1 Å². The third-order valence-electron chi connectivity index (χ3n) is 2.05. The molecule has 16 heavy (non-hydrogen) atoms. The fourth-order valence-electron chi connectivity index (χ4n) is 1.21. The molecule has 0 spiro atoms. The Kier molecular flexibility index (Phi) is 4.92. The molecule has 0 fully saturated rings. The van der Waals surface area contributed by atoms with Crippen LogP contribution in [0.2, 0.25) is 0 Å². The van der Waals surface area contributed by atoms with Crippen molar-refractivity contribution in [2.75, 3.05) is 20.7 Å². The highest BCUT2D eigenvalue weighted by atomic mass is 16.5. The van der Waals surface area contributed by atoms with E-state index in [0.29, 0.717) is 11.3 Å². The molecule has 1 N–H and O–H groups in total. The molecule has 1 aromatic rings. The van der Waals surface area contributed by atoms with Crippen molar-refractivity contribution in [2.24, 2.45) is 0 Å². The highest BCUT2D eigenvalue weighted by Gasteiger charge is 2.01. The third-order valence-corrected chi connectivity index (χ3v) is 2.05. The average molecular weight is 214 g/mol. The summed E-state index contributed by atoms with van der Waals surface area (Å²) in [7, 11) is 3.45. The molecule has 0 bridgehead atoms. The van der Waals surface area contributed by atoms with Crippen LogP contribution >= 0.6 is 0 Å². The summed E-state index contributed by atoms with van der Waals surface area (Å²) in [6.07, 6.45) is 0.804. The minimum absolute atomic E-state index is 0.531. The van der Waals surface area contributed by atoms with Crippen LogP contribution in [0.5, 0.6) is 5.75 Å². The monoisotopic (exact) mass is 214 g/mol. The molecule has 0 saturated heterocycles. The Hall–Kier alpha value is -1.97. The number of methoxy groups -OCH3 is 1. The molecule has 0 aliphatic rings. The molecule has 0 heterocycles. The molecule has 0 unspecified atom stereocenters. The first kappa shape index (κ1) is 12.1. The lowest BCUT2D eigenvalue weighted by molar-refractivity contribution is 0.413. The van der Waals surface area contributed by atoms with Crippen molar-refractivity contribution < 1.29 is 4.74 Å². The van der Waals surface area contributed by atoms with Gasteiger partial charge in [-0.05, 0) is 25.2 Å². The van der Waals surface area contributed by atoms with E-state index in [1.165, 1.54) is 0 Å². The summed E-state index contributed by atoms with van der Waals surface area (Å²) in [6.45, 7) is 0.875. The Morgan fingerprint density at radius 1 is 1.44 bits per heavy atom. The van der Waals surface area contributed by atoms with Gasteiger partial charge in [0.2, 0.25) is 0 Å². The van der Waals surface area contributed by atoms with E-state index in [-0.39, 0.29) is 0 Å². The fraction of sp³-hybridized carbons (Fsp3) is 0.308. The van der Waals surface area contributed by atoms with E-state index in [1.807, 2.05) is 13.1 Å². The minimum Gasteiger partial charge on any atom is -0.495 e. The number of benzene rings is 1. The maximum absolute atomic E-state index is 8.81. The SMILES string of the molecule is CNCCC#Cc1ccc(C#N)c(OC)c1. The molecule has 3 nitrogen and oxygen atoms in total. The maximum Gasteiger partial charge on any atom is 0.137 e. The van der Waals surface area contributed by atoms with Crippen LogP contribution in [0.3, 0.4) is 0 Å². The van der Waals surface area contributed by atoms with E-state index in [1.54, 1.807) is 19.2 Å². The van der Waals surface area contributed by atoms with Crippen molar-refractivity contribution in [3.05, 3.63) is 29.3 Å². The minimum atomic E-state index is 0.531. The van der Waals surface area contributed by atoms with E-state index >= 15 is 0 Å². The van der Waals surface area contributed by atoms with Crippen molar-refractivity contribution in [2.45, 2.75) is 6.42 Å². The zero-order valence-electron chi connectivity index (χ0n) is 9.50. The van der Waals surface area contributed by atoms with Crippen LogP contribution in [0.4, 0.5) is 0 Å². The smallest absolute Gasteiger partial charge is 0.137 e. The second kappa shape index (κ2) is 6.50. The van der Waals surface area contributed by atoms with Gasteiger partial charge in [0.25, 0.3) is 0 Å². The van der Waals surface area contributed by atoms with Crippen LogP contribution in [0, 0.1) is 23.2 Å². The summed E-state index contributed by atoms with van der Waals surface area (Å²) < 4.78 is 5.10. The van der Waals surface area contributed by atoms with Crippen molar-refractivity contribution in [3.63, 3.8) is 0 Å². The molecule has 0 radical (unpaired) electrons. The van der Waals surface area contributed by atoms with E-state index in [0.717, 1.165) is 18.5 Å². The first-order chi connectivity index (χ1) is 7.81. The predicted molar refractivity (Wildman–Crippen MR) is 63.1 cm³/mol. The van der Waals surface area contributed by atoms with Gasteiger partial charge in [-0.25, -0.2) is 0 Å². The molecule has 0 saturated carbocycles. The topological polar surface area (TPSA) is 45.0 Å². The van der Waals surface area contributed by atoms with Crippen molar-refractivity contribution >= 4 is 0 Å². The van der Waals surface area contributed by atoms with Gasteiger partial charge in [-0.2, -0.15) is 5.26 Å². The van der Waals surface area contributed by atoms with Crippen LogP contribution in [0.25, 0.3) is 0 Å². The van der Waals surface area contributed by atoms with Gasteiger partial charge in [0.05, 0.1) is 12.7 Å². The molecule has 82 valence electrons. The zero-order chi connectivity index (χ0) is 11.8. The van der Waals surface area contributed by atoms with Gasteiger partial charge >= 0.3 is 0 Å². The Morgan fingerprint density at radius 2 is 2.25 bits per heavy atom. The number of nitriles is 1.